The molecule has 2 aliphatic heterocycles. The van der Waals surface area contributed by atoms with Crippen LogP contribution < -0.4 is 4.90 Å². The monoisotopic (exact) mass is 386 g/mol. The lowest BCUT2D eigenvalue weighted by Gasteiger charge is -2.42. The molecule has 2 bridgehead atoms. The molecule has 1 aromatic heterocycles. The first-order valence-corrected chi connectivity index (χ1v) is 9.73. The third kappa shape index (κ3) is 3.64. The van der Waals surface area contributed by atoms with Crippen molar-refractivity contribution in [2.75, 3.05) is 11.9 Å². The van der Waals surface area contributed by atoms with Crippen LogP contribution in [0.2, 0.25) is 5.02 Å². The van der Waals surface area contributed by atoms with Crippen molar-refractivity contribution >= 4 is 23.1 Å². The van der Waals surface area contributed by atoms with Gasteiger partial charge in [-0.15, -0.1) is 0 Å². The van der Waals surface area contributed by atoms with E-state index < -0.39 is 4.92 Å². The molecule has 2 atom stereocenters. The standard InChI is InChI=1S/C20H23ClN4O2/c1-23(20-19(21)11-18(12-22-20)25(26)27)17-9-15-7-8-16(10-17)24(15)13-14-5-3-2-4-6-14/h2-6,11-12,15-17H,7-10,13H2,1H3. The van der Waals surface area contributed by atoms with Crippen molar-refractivity contribution in [2.45, 2.75) is 50.4 Å². The number of benzene rings is 1. The number of anilines is 1. The molecule has 2 unspecified atom stereocenters. The number of halogens is 1. The molecule has 0 radical (unpaired) electrons. The minimum atomic E-state index is -0.467. The Morgan fingerprint density at radius 3 is 2.52 bits per heavy atom. The van der Waals surface area contributed by atoms with Gasteiger partial charge in [-0.3, -0.25) is 15.0 Å². The molecule has 2 aliphatic rings. The summed E-state index contributed by atoms with van der Waals surface area (Å²) in [6.45, 7) is 1.00. The fourth-order valence-corrected chi connectivity index (χ4v) is 4.86. The Hall–Kier alpha value is -2.18. The second-order valence-corrected chi connectivity index (χ2v) is 7.94. The third-order valence-corrected chi connectivity index (χ3v) is 6.25. The number of aromatic nitrogens is 1. The maximum absolute atomic E-state index is 10.9. The summed E-state index contributed by atoms with van der Waals surface area (Å²) in [5.41, 5.74) is 1.29. The number of piperidine rings is 1. The molecular weight excluding hydrogens is 364 g/mol. The first-order chi connectivity index (χ1) is 13.0. The van der Waals surface area contributed by atoms with Gasteiger partial charge < -0.3 is 4.90 Å². The van der Waals surface area contributed by atoms with Crippen LogP contribution in [0.25, 0.3) is 0 Å². The zero-order valence-corrected chi connectivity index (χ0v) is 16.0. The summed E-state index contributed by atoms with van der Waals surface area (Å²) in [5.74, 6) is 0.628. The Morgan fingerprint density at radius 2 is 1.93 bits per heavy atom. The van der Waals surface area contributed by atoms with Crippen molar-refractivity contribution in [1.29, 1.82) is 0 Å². The number of nitrogens with zero attached hydrogens (tertiary/aromatic N) is 4. The Labute approximate surface area is 163 Å². The Balaban J connectivity index is 1.47. The lowest BCUT2D eigenvalue weighted by atomic mass is 9.95. The molecule has 142 valence electrons. The van der Waals surface area contributed by atoms with Gasteiger partial charge in [0.15, 0.2) is 0 Å². The number of fused-ring (bicyclic) bond motifs is 2. The second kappa shape index (κ2) is 7.44. The number of hydrogen-bond donors (Lipinski definition) is 0. The zero-order chi connectivity index (χ0) is 19.0. The van der Waals surface area contributed by atoms with Gasteiger partial charge in [-0.1, -0.05) is 41.9 Å². The predicted molar refractivity (Wildman–Crippen MR) is 106 cm³/mol. The highest BCUT2D eigenvalue weighted by Crippen LogP contribution is 2.40. The third-order valence-electron chi connectivity index (χ3n) is 5.97. The van der Waals surface area contributed by atoms with Gasteiger partial charge in [0.1, 0.15) is 12.0 Å². The maximum Gasteiger partial charge on any atom is 0.289 e. The minimum absolute atomic E-state index is 0.0742. The molecule has 0 N–H and O–H groups in total. The molecule has 7 heteroatoms. The van der Waals surface area contributed by atoms with Crippen LogP contribution in [0.4, 0.5) is 11.5 Å². The molecule has 0 amide bonds. The molecule has 2 fully saturated rings. The van der Waals surface area contributed by atoms with Crippen molar-refractivity contribution in [1.82, 2.24) is 9.88 Å². The highest BCUT2D eigenvalue weighted by molar-refractivity contribution is 6.33. The zero-order valence-electron chi connectivity index (χ0n) is 15.3. The summed E-state index contributed by atoms with van der Waals surface area (Å²) in [4.78, 5) is 19.5. The van der Waals surface area contributed by atoms with Gasteiger partial charge in [0.25, 0.3) is 5.69 Å². The molecular formula is C20H23ClN4O2. The molecule has 3 heterocycles. The molecule has 0 aliphatic carbocycles. The van der Waals surface area contributed by atoms with Crippen molar-refractivity contribution in [3.63, 3.8) is 0 Å². The van der Waals surface area contributed by atoms with Crippen LogP contribution >= 0.6 is 11.6 Å². The van der Waals surface area contributed by atoms with Gasteiger partial charge in [-0.25, -0.2) is 4.98 Å². The summed E-state index contributed by atoms with van der Waals surface area (Å²) in [5, 5.41) is 11.2. The summed E-state index contributed by atoms with van der Waals surface area (Å²) in [6.07, 6.45) is 5.87. The van der Waals surface area contributed by atoms with Gasteiger partial charge in [0.2, 0.25) is 0 Å². The largest absolute Gasteiger partial charge is 0.355 e. The van der Waals surface area contributed by atoms with Crippen molar-refractivity contribution < 1.29 is 4.92 Å². The minimum Gasteiger partial charge on any atom is -0.355 e. The summed E-state index contributed by atoms with van der Waals surface area (Å²) < 4.78 is 0. The average molecular weight is 387 g/mol. The van der Waals surface area contributed by atoms with Gasteiger partial charge in [0.05, 0.1) is 9.95 Å². The molecule has 2 aromatic rings. The molecule has 0 spiro atoms. The molecule has 4 rings (SSSR count). The molecule has 6 nitrogen and oxygen atoms in total. The van der Waals surface area contributed by atoms with E-state index in [2.05, 4.69) is 45.1 Å². The van der Waals surface area contributed by atoms with Crippen LogP contribution in [-0.2, 0) is 6.54 Å². The van der Waals surface area contributed by atoms with Gasteiger partial charge in [-0.05, 0) is 31.2 Å². The fourth-order valence-electron chi connectivity index (χ4n) is 4.57. The van der Waals surface area contributed by atoms with Crippen LogP contribution in [0, 0.1) is 10.1 Å². The molecule has 0 saturated carbocycles. The van der Waals surface area contributed by atoms with Crippen molar-refractivity contribution in [3.8, 4) is 0 Å². The number of pyridine rings is 1. The topological polar surface area (TPSA) is 62.5 Å². The van der Waals surface area contributed by atoms with E-state index in [1.54, 1.807) is 0 Å². The van der Waals surface area contributed by atoms with E-state index in [1.165, 1.54) is 30.7 Å². The van der Waals surface area contributed by atoms with Crippen LogP contribution in [0.15, 0.2) is 42.6 Å². The first kappa shape index (κ1) is 18.2. The Bertz CT molecular complexity index is 818. The van der Waals surface area contributed by atoms with Crippen LogP contribution in [0.1, 0.15) is 31.2 Å². The van der Waals surface area contributed by atoms with E-state index in [-0.39, 0.29) is 5.69 Å². The Morgan fingerprint density at radius 1 is 1.26 bits per heavy atom. The van der Waals surface area contributed by atoms with E-state index in [9.17, 15) is 10.1 Å². The smallest absolute Gasteiger partial charge is 0.289 e. The lowest BCUT2D eigenvalue weighted by molar-refractivity contribution is -0.385. The average Bonchev–Trinajstić information content (AvgIpc) is 2.89. The SMILES string of the molecule is CN(c1ncc([N+](=O)[O-])cc1Cl)C1CC2CCC(C1)N2Cc1ccccc1. The number of rotatable bonds is 5. The highest BCUT2D eigenvalue weighted by atomic mass is 35.5. The predicted octanol–water partition coefficient (Wildman–Crippen LogP) is 4.28. The maximum atomic E-state index is 10.9. The fraction of sp³-hybridized carbons (Fsp3) is 0.450. The summed E-state index contributed by atoms with van der Waals surface area (Å²) >= 11 is 6.29. The van der Waals surface area contributed by atoms with Crippen LogP contribution in [0.3, 0.4) is 0 Å². The van der Waals surface area contributed by atoms with Crippen LogP contribution in [0.5, 0.6) is 0 Å². The van der Waals surface area contributed by atoms with E-state index >= 15 is 0 Å². The summed E-state index contributed by atoms with van der Waals surface area (Å²) in [6, 6.07) is 13.5. The van der Waals surface area contributed by atoms with E-state index in [0.29, 0.717) is 29.0 Å². The van der Waals surface area contributed by atoms with E-state index in [0.717, 1.165) is 19.4 Å². The molecule has 2 saturated heterocycles. The van der Waals surface area contributed by atoms with E-state index in [4.69, 9.17) is 11.6 Å². The second-order valence-electron chi connectivity index (χ2n) is 7.54. The quantitative estimate of drug-likeness (QED) is 0.567. The number of nitro groups is 1. The van der Waals surface area contributed by atoms with Crippen molar-refractivity contribution in [2.24, 2.45) is 0 Å². The van der Waals surface area contributed by atoms with Gasteiger partial charge >= 0.3 is 0 Å². The Kier molecular flexibility index (Phi) is 5.02. The molecule has 27 heavy (non-hydrogen) atoms. The van der Waals surface area contributed by atoms with Gasteiger partial charge in [0, 0.05) is 37.8 Å². The first-order valence-electron chi connectivity index (χ1n) is 9.35. The lowest BCUT2D eigenvalue weighted by Crippen LogP contribution is -2.49. The normalized spacial score (nSPS) is 24.7. The van der Waals surface area contributed by atoms with Crippen LogP contribution in [-0.4, -0.2) is 40.0 Å². The van der Waals surface area contributed by atoms with Gasteiger partial charge in [-0.2, -0.15) is 0 Å². The molecule has 1 aromatic carbocycles. The number of hydrogen-bond acceptors (Lipinski definition) is 5. The highest BCUT2D eigenvalue weighted by Gasteiger charge is 2.42. The van der Waals surface area contributed by atoms with Crippen molar-refractivity contribution in [3.05, 3.63) is 63.3 Å². The summed E-state index contributed by atoms with van der Waals surface area (Å²) in [7, 11) is 2.00. The van der Waals surface area contributed by atoms with E-state index in [1.807, 2.05) is 7.05 Å².